The number of aliphatic carboxylic acids is 2. The third kappa shape index (κ3) is 11.1. The standard InChI is InChI=1S/C49H50O14/c1-3-43(50)61-30-33(48(57)63-42-16-10-7-13-39(42)46(54)55)29-60-37-23-19-35(20-24-37)49(26-25-31-11-5-8-14-40(31)49)34-17-21-36(22-18-34)59-28-32(27-44(51)58-4-2)47(56)62-41-15-9-6-12-38(41)45(52)53/h3-11,14,17-24,32-33,38-39,41-42H,1-2,12-13,15-16,25-30H2,(H,52,53)(H,54,55). The number of benzene rings is 3. The van der Waals surface area contributed by atoms with Crippen LogP contribution in [-0.2, 0) is 59.6 Å². The molecule has 330 valence electrons. The SMILES string of the molecule is C=COC(=O)CC(COc1ccc(C2(c3ccc(OCC(COC(=O)C=C)C(=O)OC4CC=CCC4C(=O)O)cc3)CCc3ccccc32)cc1)C(=O)OC1CC=CCC1C(=O)O. The predicted octanol–water partition coefficient (Wildman–Crippen LogP) is 6.69. The first-order chi connectivity index (χ1) is 30.4. The Hall–Kier alpha value is -6.96. The average molecular weight is 863 g/mol. The van der Waals surface area contributed by atoms with Crippen LogP contribution in [0.25, 0.3) is 0 Å². The van der Waals surface area contributed by atoms with E-state index in [4.69, 9.17) is 28.4 Å². The molecule has 0 amide bonds. The molecule has 0 saturated carbocycles. The molecule has 0 saturated heterocycles. The van der Waals surface area contributed by atoms with E-state index in [1.807, 2.05) is 36.4 Å². The number of fused-ring (bicyclic) bond motifs is 1. The highest BCUT2D eigenvalue weighted by molar-refractivity contribution is 5.82. The summed E-state index contributed by atoms with van der Waals surface area (Å²) in [5.41, 5.74) is 3.67. The minimum atomic E-state index is -1.09. The molecule has 0 radical (unpaired) electrons. The lowest BCUT2D eigenvalue weighted by Gasteiger charge is -2.32. The summed E-state index contributed by atoms with van der Waals surface area (Å²) in [6.45, 7) is 5.97. The van der Waals surface area contributed by atoms with Crippen LogP contribution in [0, 0.1) is 23.7 Å². The fourth-order valence-electron chi connectivity index (χ4n) is 8.27. The largest absolute Gasteiger partial charge is 0.493 e. The number of allylic oxidation sites excluding steroid dienone is 2. The lowest BCUT2D eigenvalue weighted by atomic mass is 9.70. The summed E-state index contributed by atoms with van der Waals surface area (Å²) in [5, 5.41) is 19.3. The van der Waals surface area contributed by atoms with Crippen LogP contribution < -0.4 is 9.47 Å². The van der Waals surface area contributed by atoms with E-state index in [9.17, 15) is 39.0 Å². The molecular weight excluding hydrogens is 813 g/mol. The number of aryl methyl sites for hydroxylation is 1. The van der Waals surface area contributed by atoms with E-state index in [1.165, 1.54) is 5.56 Å². The van der Waals surface area contributed by atoms with Crippen molar-refractivity contribution in [1.82, 2.24) is 0 Å². The molecule has 0 aliphatic heterocycles. The minimum absolute atomic E-state index is 0.215. The van der Waals surface area contributed by atoms with Crippen molar-refractivity contribution in [2.24, 2.45) is 23.7 Å². The van der Waals surface area contributed by atoms with Crippen LogP contribution in [0.15, 0.2) is 123 Å². The second kappa shape index (κ2) is 21.2. The summed E-state index contributed by atoms with van der Waals surface area (Å²) >= 11 is 0. The van der Waals surface area contributed by atoms with E-state index in [-0.39, 0.29) is 51.9 Å². The quantitative estimate of drug-likeness (QED) is 0.0401. The number of carbonyl (C=O) groups is 6. The molecule has 3 aliphatic carbocycles. The summed E-state index contributed by atoms with van der Waals surface area (Å²) in [4.78, 5) is 74.7. The van der Waals surface area contributed by atoms with E-state index < -0.39 is 77.1 Å². The van der Waals surface area contributed by atoms with Crippen LogP contribution in [-0.4, -0.2) is 78.1 Å². The van der Waals surface area contributed by atoms with Gasteiger partial charge >= 0.3 is 35.8 Å². The maximum atomic E-state index is 13.4. The minimum Gasteiger partial charge on any atom is -0.493 e. The van der Waals surface area contributed by atoms with Gasteiger partial charge in [0, 0.05) is 24.3 Å². The summed E-state index contributed by atoms with van der Waals surface area (Å²) in [5.74, 6) is -8.22. The van der Waals surface area contributed by atoms with Gasteiger partial charge in [-0.25, -0.2) is 4.79 Å². The summed E-state index contributed by atoms with van der Waals surface area (Å²) in [6.07, 6.45) is 9.27. The predicted molar refractivity (Wildman–Crippen MR) is 226 cm³/mol. The molecule has 14 nitrogen and oxygen atoms in total. The highest BCUT2D eigenvalue weighted by Gasteiger charge is 2.42. The zero-order valence-electron chi connectivity index (χ0n) is 34.6. The molecule has 63 heavy (non-hydrogen) atoms. The maximum absolute atomic E-state index is 13.4. The van der Waals surface area contributed by atoms with Gasteiger partial charge in [-0.15, -0.1) is 0 Å². The first kappa shape index (κ1) is 45.6. The smallest absolute Gasteiger partial charge is 0.330 e. The normalized spacial score (nSPS) is 22.0. The molecule has 2 N–H and O–H groups in total. The maximum Gasteiger partial charge on any atom is 0.330 e. The van der Waals surface area contributed by atoms with E-state index in [0.29, 0.717) is 11.5 Å². The van der Waals surface area contributed by atoms with Crippen LogP contribution >= 0.6 is 0 Å². The van der Waals surface area contributed by atoms with Crippen molar-refractivity contribution >= 4 is 35.8 Å². The van der Waals surface area contributed by atoms with Crippen molar-refractivity contribution in [3.05, 3.63) is 145 Å². The van der Waals surface area contributed by atoms with Gasteiger partial charge in [0.15, 0.2) is 0 Å². The summed E-state index contributed by atoms with van der Waals surface area (Å²) < 4.78 is 33.4. The lowest BCUT2D eigenvalue weighted by Crippen LogP contribution is -2.38. The van der Waals surface area contributed by atoms with Gasteiger partial charge in [-0.3, -0.25) is 24.0 Å². The van der Waals surface area contributed by atoms with Gasteiger partial charge in [0.25, 0.3) is 0 Å². The molecule has 0 heterocycles. The second-order valence-electron chi connectivity index (χ2n) is 15.5. The van der Waals surface area contributed by atoms with Crippen molar-refractivity contribution in [1.29, 1.82) is 0 Å². The Morgan fingerprint density at radius 2 is 1.17 bits per heavy atom. The number of ether oxygens (including phenoxy) is 6. The highest BCUT2D eigenvalue weighted by atomic mass is 16.6. The molecular formula is C49H50O14. The van der Waals surface area contributed by atoms with Crippen molar-refractivity contribution in [2.45, 2.75) is 62.6 Å². The molecule has 14 heteroatoms. The van der Waals surface area contributed by atoms with Gasteiger partial charge in [-0.2, -0.15) is 0 Å². The number of hydrogen-bond donors (Lipinski definition) is 2. The Morgan fingerprint density at radius 3 is 1.70 bits per heavy atom. The van der Waals surface area contributed by atoms with Crippen LogP contribution in [0.4, 0.5) is 0 Å². The molecule has 7 unspecified atom stereocenters. The summed E-state index contributed by atoms with van der Waals surface area (Å²) in [6, 6.07) is 23.2. The number of esters is 4. The monoisotopic (exact) mass is 862 g/mol. The van der Waals surface area contributed by atoms with Crippen molar-refractivity contribution < 1.29 is 67.4 Å². The van der Waals surface area contributed by atoms with Crippen LogP contribution in [0.2, 0.25) is 0 Å². The number of hydrogen-bond acceptors (Lipinski definition) is 12. The second-order valence-corrected chi connectivity index (χ2v) is 15.5. The fourth-order valence-corrected chi connectivity index (χ4v) is 8.27. The molecule has 3 aromatic rings. The topological polar surface area (TPSA) is 198 Å². The van der Waals surface area contributed by atoms with Crippen LogP contribution in [0.3, 0.4) is 0 Å². The Morgan fingerprint density at radius 1 is 0.667 bits per heavy atom. The van der Waals surface area contributed by atoms with Crippen molar-refractivity contribution in [3.8, 4) is 11.5 Å². The van der Waals surface area contributed by atoms with E-state index >= 15 is 0 Å². The Balaban J connectivity index is 1.18. The van der Waals surface area contributed by atoms with Gasteiger partial charge in [0.05, 0.1) is 24.5 Å². The number of carboxylic acid groups (broad SMARTS) is 2. The Labute approximate surface area is 364 Å². The zero-order chi connectivity index (χ0) is 44.9. The molecule has 0 fully saturated rings. The molecule has 0 spiro atoms. The van der Waals surface area contributed by atoms with Crippen molar-refractivity contribution in [3.63, 3.8) is 0 Å². The lowest BCUT2D eigenvalue weighted by molar-refractivity contribution is -0.167. The van der Waals surface area contributed by atoms with Crippen LogP contribution in [0.1, 0.15) is 60.8 Å². The number of rotatable bonds is 20. The Bertz CT molecular complexity index is 2220. The molecule has 3 aromatic carbocycles. The summed E-state index contributed by atoms with van der Waals surface area (Å²) in [7, 11) is 0. The van der Waals surface area contributed by atoms with E-state index in [0.717, 1.165) is 41.9 Å². The third-order valence-corrected chi connectivity index (χ3v) is 11.6. The van der Waals surface area contributed by atoms with Crippen molar-refractivity contribution in [2.75, 3.05) is 19.8 Å². The first-order valence-electron chi connectivity index (χ1n) is 20.7. The fraction of sp³-hybridized carbons (Fsp3) is 0.347. The molecule has 0 aromatic heterocycles. The van der Waals surface area contributed by atoms with E-state index in [2.05, 4.69) is 25.3 Å². The number of carboxylic acids is 2. The Kier molecular flexibility index (Phi) is 15.3. The van der Waals surface area contributed by atoms with Gasteiger partial charge in [-0.05, 0) is 72.2 Å². The third-order valence-electron chi connectivity index (χ3n) is 11.6. The first-order valence-corrected chi connectivity index (χ1v) is 20.7. The van der Waals surface area contributed by atoms with Crippen LogP contribution in [0.5, 0.6) is 11.5 Å². The molecule has 3 aliphatic rings. The average Bonchev–Trinajstić information content (AvgIpc) is 3.68. The van der Waals surface area contributed by atoms with Gasteiger partial charge in [0.2, 0.25) is 0 Å². The molecule has 0 bridgehead atoms. The number of carbonyl (C=O) groups excluding carboxylic acids is 4. The van der Waals surface area contributed by atoms with Gasteiger partial charge in [0.1, 0.15) is 55.4 Å². The highest BCUT2D eigenvalue weighted by Crippen LogP contribution is 2.49. The molecule has 7 atom stereocenters. The zero-order valence-corrected chi connectivity index (χ0v) is 34.6. The van der Waals surface area contributed by atoms with E-state index in [1.54, 1.807) is 48.6 Å². The van der Waals surface area contributed by atoms with Gasteiger partial charge in [-0.1, -0.05) is 86.0 Å². The molecule has 6 rings (SSSR count). The van der Waals surface area contributed by atoms with Gasteiger partial charge < -0.3 is 38.6 Å².